The van der Waals surface area contributed by atoms with E-state index >= 15 is 0 Å². The minimum absolute atomic E-state index is 0.122. The van der Waals surface area contributed by atoms with Crippen LogP contribution in [0.5, 0.6) is 0 Å². The number of non-ortho nitro benzene ring substituents is 1. The number of halogens is 4. The largest absolute Gasteiger partial charge is 0.673 e. The van der Waals surface area contributed by atoms with Crippen LogP contribution in [0.2, 0.25) is 0 Å². The molecule has 1 aliphatic heterocycles. The first-order chi connectivity index (χ1) is 9.59. The summed E-state index contributed by atoms with van der Waals surface area (Å²) in [5, 5.41) is 10.5. The van der Waals surface area contributed by atoms with Crippen molar-refractivity contribution >= 4 is 19.3 Å². The van der Waals surface area contributed by atoms with Gasteiger partial charge >= 0.3 is 7.25 Å². The molecule has 21 heavy (non-hydrogen) atoms. The molecule has 114 valence electrons. The molecule has 0 spiro atoms. The molecule has 1 unspecified atom stereocenters. The fourth-order valence-corrected chi connectivity index (χ4v) is 1.63. The van der Waals surface area contributed by atoms with Gasteiger partial charge in [-0.25, -0.2) is 4.99 Å². The summed E-state index contributed by atoms with van der Waals surface area (Å²) in [5.41, 5.74) is 1.17. The zero-order valence-corrected chi connectivity index (χ0v) is 11.0. The number of quaternary nitrogens is 1. The second kappa shape index (κ2) is 6.48. The Hall–Kier alpha value is -2.23. The monoisotopic (exact) mass is 305 g/mol. The Kier molecular flexibility index (Phi) is 5.20. The lowest BCUT2D eigenvalue weighted by molar-refractivity contribution is -0.771. The summed E-state index contributed by atoms with van der Waals surface area (Å²) in [6.07, 6.45) is 5.56. The van der Waals surface area contributed by atoms with Crippen LogP contribution in [0, 0.1) is 10.1 Å². The Morgan fingerprint density at radius 2 is 1.76 bits per heavy atom. The molecule has 0 saturated carbocycles. The minimum atomic E-state index is -6.00. The number of aliphatic imine (C=N–C) groups is 1. The average Bonchev–Trinajstić information content (AvgIpc) is 2.74. The van der Waals surface area contributed by atoms with Crippen molar-refractivity contribution in [2.45, 2.75) is 6.54 Å². The van der Waals surface area contributed by atoms with Gasteiger partial charge in [0.2, 0.25) is 0 Å². The maximum atomic E-state index is 10.5. The fourth-order valence-electron chi connectivity index (χ4n) is 1.63. The molecule has 0 N–H and O–H groups in total. The first-order valence-electron chi connectivity index (χ1n) is 5.77. The summed E-state index contributed by atoms with van der Waals surface area (Å²) in [7, 11) is -3.98. The quantitative estimate of drug-likeness (QED) is 0.283. The van der Waals surface area contributed by atoms with Gasteiger partial charge in [0, 0.05) is 17.7 Å². The first kappa shape index (κ1) is 16.8. The molecule has 1 aromatic rings. The number of nitro benzene ring substituents is 1. The lowest BCUT2D eigenvalue weighted by Gasteiger charge is -2.21. The topological polar surface area (TPSA) is 55.5 Å². The van der Waals surface area contributed by atoms with Crippen molar-refractivity contribution in [3.63, 3.8) is 0 Å². The Morgan fingerprint density at radius 1 is 1.24 bits per heavy atom. The van der Waals surface area contributed by atoms with Crippen LogP contribution in [0.3, 0.4) is 0 Å². The van der Waals surface area contributed by atoms with Gasteiger partial charge in [-0.05, 0) is 12.1 Å². The van der Waals surface area contributed by atoms with Gasteiger partial charge in [-0.15, -0.1) is 0 Å². The van der Waals surface area contributed by atoms with Crippen LogP contribution in [-0.2, 0) is 6.54 Å². The maximum absolute atomic E-state index is 10.5. The Morgan fingerprint density at radius 3 is 2.14 bits per heavy atom. The van der Waals surface area contributed by atoms with Gasteiger partial charge in [-0.1, -0.05) is 0 Å². The van der Waals surface area contributed by atoms with Gasteiger partial charge in [0.15, 0.2) is 6.34 Å². The zero-order chi connectivity index (χ0) is 16.1. The number of nitro groups is 1. The van der Waals surface area contributed by atoms with E-state index in [9.17, 15) is 27.4 Å². The average molecular weight is 305 g/mol. The van der Waals surface area contributed by atoms with E-state index in [1.165, 1.54) is 12.1 Å². The highest BCUT2D eigenvalue weighted by atomic mass is 19.5. The predicted molar refractivity (Wildman–Crippen MR) is 70.8 cm³/mol. The van der Waals surface area contributed by atoms with E-state index < -0.39 is 12.2 Å². The highest BCUT2D eigenvalue weighted by Gasteiger charge is 2.21. The van der Waals surface area contributed by atoms with Crippen molar-refractivity contribution in [2.24, 2.45) is 4.99 Å². The van der Waals surface area contributed by atoms with Crippen molar-refractivity contribution in [3.8, 4) is 0 Å². The minimum Gasteiger partial charge on any atom is -0.418 e. The normalized spacial score (nSPS) is 20.0. The molecule has 1 aliphatic rings. The van der Waals surface area contributed by atoms with Crippen molar-refractivity contribution in [2.75, 3.05) is 7.05 Å². The number of hydrogen-bond acceptors (Lipinski definition) is 3. The van der Waals surface area contributed by atoms with Crippen LogP contribution in [0.25, 0.3) is 0 Å². The summed E-state index contributed by atoms with van der Waals surface area (Å²) in [5.74, 6) is 0. The van der Waals surface area contributed by atoms with E-state index in [0.717, 1.165) is 12.1 Å². The molecule has 1 heterocycles. The van der Waals surface area contributed by atoms with Crippen LogP contribution >= 0.6 is 0 Å². The summed E-state index contributed by atoms with van der Waals surface area (Å²) < 4.78 is 39.6. The molecule has 0 aromatic heterocycles. The molecule has 1 atom stereocenters. The third-order valence-electron chi connectivity index (χ3n) is 2.49. The van der Waals surface area contributed by atoms with E-state index in [2.05, 4.69) is 4.99 Å². The molecular formula is C11H12BF4N3O2. The van der Waals surface area contributed by atoms with Gasteiger partial charge in [-0.2, -0.15) is 0 Å². The molecule has 0 aliphatic carbocycles. The highest BCUT2D eigenvalue weighted by Crippen LogP contribution is 2.17. The summed E-state index contributed by atoms with van der Waals surface area (Å²) in [4.78, 5) is 14.1. The molecule has 1 aromatic carbocycles. The Bertz CT molecular complexity index is 540. The standard InChI is InChI=1S/C11H12N3O2.BF4/c1-14(7-6-12-9-14)8-10-2-4-11(5-3-10)13(15)16;2-1(3,4)5/h2-7,9H,8H2,1H3;/q+1;-1. The smallest absolute Gasteiger partial charge is 0.418 e. The van der Waals surface area contributed by atoms with Crippen LogP contribution in [-0.4, -0.2) is 30.0 Å². The van der Waals surface area contributed by atoms with Crippen molar-refractivity contribution in [1.29, 1.82) is 0 Å². The molecule has 5 nitrogen and oxygen atoms in total. The molecule has 0 radical (unpaired) electrons. The predicted octanol–water partition coefficient (Wildman–Crippen LogP) is 3.35. The lowest BCUT2D eigenvalue weighted by Crippen LogP contribution is -2.33. The van der Waals surface area contributed by atoms with Crippen LogP contribution in [0.1, 0.15) is 5.56 Å². The molecule has 0 fully saturated rings. The maximum Gasteiger partial charge on any atom is 0.673 e. The van der Waals surface area contributed by atoms with E-state index in [4.69, 9.17) is 0 Å². The molecular weight excluding hydrogens is 293 g/mol. The second-order valence-electron chi connectivity index (χ2n) is 4.49. The van der Waals surface area contributed by atoms with Gasteiger partial charge in [-0.3, -0.25) is 14.6 Å². The first-order valence-corrected chi connectivity index (χ1v) is 5.77. The Labute approximate surface area is 118 Å². The van der Waals surface area contributed by atoms with E-state index in [-0.39, 0.29) is 5.69 Å². The number of benzene rings is 1. The number of hydrogen-bond donors (Lipinski definition) is 0. The van der Waals surface area contributed by atoms with E-state index in [0.29, 0.717) is 4.48 Å². The lowest BCUT2D eigenvalue weighted by atomic mass is 10.2. The number of nitrogens with zero attached hydrogens (tertiary/aromatic N) is 3. The number of rotatable bonds is 3. The summed E-state index contributed by atoms with van der Waals surface area (Å²) >= 11 is 0. The summed E-state index contributed by atoms with van der Waals surface area (Å²) in [6, 6.07) is 6.61. The van der Waals surface area contributed by atoms with Crippen LogP contribution in [0.4, 0.5) is 23.0 Å². The fraction of sp³-hybridized carbons (Fsp3) is 0.182. The molecule has 0 amide bonds. The highest BCUT2D eigenvalue weighted by molar-refractivity contribution is 6.50. The third kappa shape index (κ3) is 6.66. The van der Waals surface area contributed by atoms with Crippen LogP contribution < -0.4 is 0 Å². The van der Waals surface area contributed by atoms with E-state index in [1.54, 1.807) is 18.3 Å². The van der Waals surface area contributed by atoms with Gasteiger partial charge in [0.05, 0.1) is 18.2 Å². The second-order valence-corrected chi connectivity index (χ2v) is 4.49. The van der Waals surface area contributed by atoms with Crippen LogP contribution in [0.15, 0.2) is 41.7 Å². The zero-order valence-electron chi connectivity index (χ0n) is 11.0. The Balaban J connectivity index is 0.000000383. The van der Waals surface area contributed by atoms with Gasteiger partial charge < -0.3 is 17.3 Å². The molecule has 0 saturated heterocycles. The van der Waals surface area contributed by atoms with Crippen molar-refractivity contribution in [1.82, 2.24) is 0 Å². The summed E-state index contributed by atoms with van der Waals surface area (Å²) in [6.45, 7) is 0.748. The molecule has 0 bridgehead atoms. The van der Waals surface area contributed by atoms with Gasteiger partial charge in [0.25, 0.3) is 5.69 Å². The molecule has 2 rings (SSSR count). The van der Waals surface area contributed by atoms with Crippen molar-refractivity contribution < 1.29 is 26.7 Å². The third-order valence-corrected chi connectivity index (χ3v) is 2.49. The van der Waals surface area contributed by atoms with Crippen molar-refractivity contribution in [3.05, 3.63) is 52.3 Å². The van der Waals surface area contributed by atoms with Gasteiger partial charge in [0.1, 0.15) is 12.7 Å². The van der Waals surface area contributed by atoms with E-state index in [1.807, 2.05) is 19.6 Å². The molecule has 10 heteroatoms. The SMILES string of the molecule is C[N+]1(Cc2ccc([N+](=O)[O-])cc2)C=CN=C1.F[B-](F)(F)F.